The first-order valence-electron chi connectivity index (χ1n) is 6.58. The van der Waals surface area contributed by atoms with Crippen molar-refractivity contribution in [2.45, 2.75) is 46.3 Å². The van der Waals surface area contributed by atoms with Crippen LogP contribution in [0.25, 0.3) is 0 Å². The Hall–Kier alpha value is -1.20. The Bertz CT molecular complexity index is 472. The van der Waals surface area contributed by atoms with Crippen molar-refractivity contribution in [1.82, 2.24) is 0 Å². The Morgan fingerprint density at radius 1 is 1.22 bits per heavy atom. The lowest BCUT2D eigenvalue weighted by Gasteiger charge is -2.11. The highest BCUT2D eigenvalue weighted by molar-refractivity contribution is 6.83. The molecule has 18 heavy (non-hydrogen) atoms. The van der Waals surface area contributed by atoms with Crippen LogP contribution in [-0.4, -0.2) is 15.2 Å². The zero-order chi connectivity index (χ0) is 13.8. The minimum absolute atomic E-state index is 0.969. The lowest BCUT2D eigenvalue weighted by molar-refractivity contribution is 0.411. The summed E-state index contributed by atoms with van der Waals surface area (Å²) >= 11 is 0. The van der Waals surface area contributed by atoms with Gasteiger partial charge in [-0.3, -0.25) is 0 Å². The second-order valence-electron chi connectivity index (χ2n) is 5.73. The van der Waals surface area contributed by atoms with Crippen molar-refractivity contribution in [3.8, 4) is 17.2 Å². The normalized spacial score (nSPS) is 10.8. The van der Waals surface area contributed by atoms with Crippen molar-refractivity contribution in [2.24, 2.45) is 0 Å². The predicted octanol–water partition coefficient (Wildman–Crippen LogP) is 4.19. The summed E-state index contributed by atoms with van der Waals surface area (Å²) in [4.78, 5) is 0. The summed E-state index contributed by atoms with van der Waals surface area (Å²) in [7, 11) is 0.410. The monoisotopic (exact) mass is 260 g/mol. The largest absolute Gasteiger partial charge is 0.496 e. The van der Waals surface area contributed by atoms with Crippen LogP contribution in [0.5, 0.6) is 5.75 Å². The lowest BCUT2D eigenvalue weighted by Crippen LogP contribution is -2.16. The highest BCUT2D eigenvalue weighted by atomic mass is 28.3. The number of hydrogen-bond acceptors (Lipinski definition) is 1. The third kappa shape index (κ3) is 4.23. The van der Waals surface area contributed by atoms with Crippen LogP contribution >= 0.6 is 0 Å². The van der Waals surface area contributed by atoms with Crippen LogP contribution in [0.2, 0.25) is 19.6 Å². The van der Waals surface area contributed by atoms with Crippen LogP contribution in [-0.2, 0) is 6.42 Å². The molecule has 0 atom stereocenters. The van der Waals surface area contributed by atoms with Gasteiger partial charge in [-0.05, 0) is 36.6 Å². The summed E-state index contributed by atoms with van der Waals surface area (Å²) < 4.78 is 5.39. The number of benzene rings is 1. The second-order valence-corrected chi connectivity index (χ2v) is 10.5. The van der Waals surface area contributed by atoms with Crippen molar-refractivity contribution >= 4 is 8.07 Å². The van der Waals surface area contributed by atoms with E-state index in [2.05, 4.69) is 57.1 Å². The molecule has 1 aromatic rings. The molecule has 0 N–H and O–H groups in total. The molecule has 0 saturated heterocycles. The van der Waals surface area contributed by atoms with Crippen LogP contribution < -0.4 is 4.74 Å². The van der Waals surface area contributed by atoms with E-state index in [9.17, 15) is 0 Å². The van der Waals surface area contributed by atoms with Gasteiger partial charge in [0.25, 0.3) is 0 Å². The highest BCUT2D eigenvalue weighted by Gasteiger charge is 2.09. The van der Waals surface area contributed by atoms with E-state index in [0.29, 0.717) is 0 Å². The van der Waals surface area contributed by atoms with Gasteiger partial charge in [-0.25, -0.2) is 0 Å². The molecule has 0 spiro atoms. The van der Waals surface area contributed by atoms with Gasteiger partial charge in [0.2, 0.25) is 0 Å². The summed E-state index contributed by atoms with van der Waals surface area (Å²) in [6.45, 7) is 11.1. The van der Waals surface area contributed by atoms with E-state index in [-0.39, 0.29) is 0 Å². The number of aryl methyl sites for hydroxylation is 2. The van der Waals surface area contributed by atoms with E-state index in [1.54, 1.807) is 7.11 Å². The average Bonchev–Trinajstić information content (AvgIpc) is 2.28. The Balaban J connectivity index is 3.23. The van der Waals surface area contributed by atoms with E-state index < -0.39 is 8.07 Å². The highest BCUT2D eigenvalue weighted by Crippen LogP contribution is 2.23. The molecule has 0 unspecified atom stereocenters. The van der Waals surface area contributed by atoms with Gasteiger partial charge >= 0.3 is 0 Å². The molecule has 1 rings (SSSR count). The van der Waals surface area contributed by atoms with E-state index in [0.717, 1.165) is 24.2 Å². The van der Waals surface area contributed by atoms with Crippen molar-refractivity contribution in [1.29, 1.82) is 0 Å². The molecule has 0 aromatic heterocycles. The standard InChI is InChI=1S/C16H24OSi/c1-7-8-14-12-16(17-3)13(2)11-15(14)9-10-18(4,5)6/h11-12H,7-8H2,1-6H3. The summed E-state index contributed by atoms with van der Waals surface area (Å²) in [6, 6.07) is 4.31. The molecule has 98 valence electrons. The smallest absolute Gasteiger partial charge is 0.129 e. The Kier molecular flexibility index (Phi) is 5.04. The zero-order valence-corrected chi connectivity index (χ0v) is 13.5. The molecule has 0 aliphatic carbocycles. The maximum atomic E-state index is 5.39. The Labute approximate surface area is 113 Å². The van der Waals surface area contributed by atoms with E-state index in [4.69, 9.17) is 4.74 Å². The van der Waals surface area contributed by atoms with Crippen molar-refractivity contribution in [3.63, 3.8) is 0 Å². The first-order chi connectivity index (χ1) is 8.37. The molecule has 0 radical (unpaired) electrons. The maximum absolute atomic E-state index is 5.39. The van der Waals surface area contributed by atoms with Crippen molar-refractivity contribution < 1.29 is 4.74 Å². The maximum Gasteiger partial charge on any atom is 0.129 e. The minimum Gasteiger partial charge on any atom is -0.496 e. The fourth-order valence-electron chi connectivity index (χ4n) is 1.80. The summed E-state index contributed by atoms with van der Waals surface area (Å²) in [5.41, 5.74) is 7.10. The van der Waals surface area contributed by atoms with Gasteiger partial charge in [-0.15, -0.1) is 5.54 Å². The Morgan fingerprint density at radius 3 is 2.39 bits per heavy atom. The van der Waals surface area contributed by atoms with E-state index >= 15 is 0 Å². The molecule has 0 amide bonds. The molecule has 1 aromatic carbocycles. The van der Waals surface area contributed by atoms with Gasteiger partial charge in [0.1, 0.15) is 13.8 Å². The second kappa shape index (κ2) is 6.11. The molecule has 1 nitrogen and oxygen atoms in total. The number of rotatable bonds is 3. The van der Waals surface area contributed by atoms with Crippen molar-refractivity contribution in [2.75, 3.05) is 7.11 Å². The van der Waals surface area contributed by atoms with Crippen LogP contribution in [0.15, 0.2) is 12.1 Å². The fraction of sp³-hybridized carbons (Fsp3) is 0.500. The summed E-state index contributed by atoms with van der Waals surface area (Å²) in [5, 5.41) is 0. The average molecular weight is 260 g/mol. The number of ether oxygens (including phenoxy) is 1. The quantitative estimate of drug-likeness (QED) is 0.585. The topological polar surface area (TPSA) is 9.23 Å². The molecule has 0 heterocycles. The number of hydrogen-bond donors (Lipinski definition) is 0. The molecule has 0 saturated carbocycles. The molecule has 0 fully saturated rings. The van der Waals surface area contributed by atoms with E-state index in [1.807, 2.05) is 0 Å². The summed E-state index contributed by atoms with van der Waals surface area (Å²) in [5.74, 6) is 4.36. The molecule has 0 aliphatic heterocycles. The van der Waals surface area contributed by atoms with Gasteiger partial charge in [-0.1, -0.05) is 38.9 Å². The summed E-state index contributed by atoms with van der Waals surface area (Å²) in [6.07, 6.45) is 2.19. The van der Waals surface area contributed by atoms with Crippen LogP contribution in [0.4, 0.5) is 0 Å². The van der Waals surface area contributed by atoms with Crippen LogP contribution in [0.3, 0.4) is 0 Å². The van der Waals surface area contributed by atoms with Gasteiger partial charge in [-0.2, -0.15) is 0 Å². The third-order valence-electron chi connectivity index (χ3n) is 2.71. The molecular formula is C16H24OSi. The van der Waals surface area contributed by atoms with Gasteiger partial charge in [0, 0.05) is 5.56 Å². The molecule has 2 heteroatoms. The lowest BCUT2D eigenvalue weighted by atomic mass is 10.0. The fourth-order valence-corrected chi connectivity index (χ4v) is 2.31. The van der Waals surface area contributed by atoms with Crippen molar-refractivity contribution in [3.05, 3.63) is 28.8 Å². The van der Waals surface area contributed by atoms with Gasteiger partial charge in [0.05, 0.1) is 7.11 Å². The number of methoxy groups -OCH3 is 1. The van der Waals surface area contributed by atoms with Crippen LogP contribution in [0, 0.1) is 18.4 Å². The minimum atomic E-state index is -1.32. The SMILES string of the molecule is CCCc1cc(OC)c(C)cc1C#C[Si](C)(C)C. The zero-order valence-electron chi connectivity index (χ0n) is 12.5. The van der Waals surface area contributed by atoms with Crippen LogP contribution in [0.1, 0.15) is 30.0 Å². The van der Waals surface area contributed by atoms with Gasteiger partial charge < -0.3 is 4.74 Å². The van der Waals surface area contributed by atoms with Gasteiger partial charge in [0.15, 0.2) is 0 Å². The Morgan fingerprint density at radius 2 is 1.89 bits per heavy atom. The molecule has 0 aliphatic rings. The predicted molar refractivity (Wildman–Crippen MR) is 82.0 cm³/mol. The van der Waals surface area contributed by atoms with E-state index in [1.165, 1.54) is 11.1 Å². The molecule has 0 bridgehead atoms. The third-order valence-corrected chi connectivity index (χ3v) is 3.59. The molecular weight excluding hydrogens is 236 g/mol. The first kappa shape index (κ1) is 14.9. The first-order valence-corrected chi connectivity index (χ1v) is 10.1.